The third-order valence-electron chi connectivity index (χ3n) is 3.97. The molecular weight excluding hydrogens is 346 g/mol. The number of benzene rings is 1. The van der Waals surface area contributed by atoms with Crippen LogP contribution < -0.4 is 16.4 Å². The largest absolute Gasteiger partial charge is 0.347 e. The fraction of sp³-hybridized carbons (Fsp3) is 0.500. The molecule has 0 saturated heterocycles. The van der Waals surface area contributed by atoms with Gasteiger partial charge in [0.05, 0.1) is 6.54 Å². The Balaban J connectivity index is 1.81. The van der Waals surface area contributed by atoms with Crippen molar-refractivity contribution in [2.75, 3.05) is 11.9 Å². The maximum atomic E-state index is 12.1. The summed E-state index contributed by atoms with van der Waals surface area (Å²) in [6, 6.07) is 5.73. The number of hydrogen-bond donors (Lipinski definition) is 3. The van der Waals surface area contributed by atoms with Gasteiger partial charge in [0.1, 0.15) is 0 Å². The van der Waals surface area contributed by atoms with Crippen molar-refractivity contribution in [3.05, 3.63) is 28.2 Å². The summed E-state index contributed by atoms with van der Waals surface area (Å²) in [6.07, 6.45) is 3.52. The van der Waals surface area contributed by atoms with Crippen LogP contribution in [-0.2, 0) is 9.59 Å². The minimum absolute atomic E-state index is 0.0138. The number of carbonyl (C=O) groups is 2. The Kier molecular flexibility index (Phi) is 5.97. The predicted octanol–water partition coefficient (Wildman–Crippen LogP) is 2.33. The van der Waals surface area contributed by atoms with Gasteiger partial charge in [0.15, 0.2) is 0 Å². The van der Waals surface area contributed by atoms with Gasteiger partial charge in [-0.05, 0) is 49.9 Å². The van der Waals surface area contributed by atoms with Gasteiger partial charge >= 0.3 is 0 Å². The minimum Gasteiger partial charge on any atom is -0.347 e. The van der Waals surface area contributed by atoms with Crippen LogP contribution in [0.3, 0.4) is 0 Å². The van der Waals surface area contributed by atoms with E-state index in [1.54, 1.807) is 0 Å². The molecule has 0 spiro atoms. The molecule has 2 amide bonds. The van der Waals surface area contributed by atoms with Crippen molar-refractivity contribution in [2.45, 2.75) is 38.6 Å². The van der Waals surface area contributed by atoms with Gasteiger partial charge < -0.3 is 16.4 Å². The number of rotatable bonds is 4. The molecule has 1 aliphatic carbocycles. The molecule has 4 N–H and O–H groups in total. The third-order valence-corrected chi connectivity index (χ3v) is 4.46. The van der Waals surface area contributed by atoms with Gasteiger partial charge in [-0.1, -0.05) is 22.4 Å². The van der Waals surface area contributed by atoms with E-state index < -0.39 is 0 Å². The van der Waals surface area contributed by atoms with Gasteiger partial charge in [-0.25, -0.2) is 0 Å². The molecule has 22 heavy (non-hydrogen) atoms. The lowest BCUT2D eigenvalue weighted by Crippen LogP contribution is -2.40. The van der Waals surface area contributed by atoms with Crippen molar-refractivity contribution >= 4 is 33.4 Å². The third kappa shape index (κ3) is 4.81. The molecule has 1 saturated carbocycles. The van der Waals surface area contributed by atoms with Crippen molar-refractivity contribution in [1.82, 2.24) is 5.32 Å². The first-order valence-electron chi connectivity index (χ1n) is 7.55. The van der Waals surface area contributed by atoms with E-state index in [4.69, 9.17) is 5.73 Å². The van der Waals surface area contributed by atoms with Crippen molar-refractivity contribution in [3.63, 3.8) is 0 Å². The highest BCUT2D eigenvalue weighted by Gasteiger charge is 2.25. The summed E-state index contributed by atoms with van der Waals surface area (Å²) in [6.45, 7) is 1.91. The van der Waals surface area contributed by atoms with Crippen LogP contribution in [0.25, 0.3) is 0 Å². The summed E-state index contributed by atoms with van der Waals surface area (Å²) < 4.78 is 0.963. The molecule has 2 rings (SSSR count). The molecule has 6 heteroatoms. The summed E-state index contributed by atoms with van der Waals surface area (Å²) in [5.41, 5.74) is 7.60. The molecule has 0 aliphatic heterocycles. The highest BCUT2D eigenvalue weighted by atomic mass is 79.9. The van der Waals surface area contributed by atoms with Crippen molar-refractivity contribution in [3.8, 4) is 0 Å². The van der Waals surface area contributed by atoms with Gasteiger partial charge in [-0.3, -0.25) is 9.59 Å². The number of aryl methyl sites for hydroxylation is 1. The van der Waals surface area contributed by atoms with Gasteiger partial charge in [0, 0.05) is 22.1 Å². The Hall–Kier alpha value is -1.40. The zero-order valence-corrected chi connectivity index (χ0v) is 14.3. The Morgan fingerprint density at radius 2 is 2.14 bits per heavy atom. The molecule has 120 valence electrons. The Morgan fingerprint density at radius 1 is 1.36 bits per heavy atom. The van der Waals surface area contributed by atoms with E-state index in [0.29, 0.717) is 6.42 Å². The first-order chi connectivity index (χ1) is 10.5. The van der Waals surface area contributed by atoms with Crippen molar-refractivity contribution in [2.24, 2.45) is 11.7 Å². The van der Waals surface area contributed by atoms with E-state index in [1.807, 2.05) is 25.1 Å². The number of hydrogen-bond acceptors (Lipinski definition) is 3. The van der Waals surface area contributed by atoms with E-state index in [9.17, 15) is 9.59 Å². The normalized spacial score (nSPS) is 21.2. The highest BCUT2D eigenvalue weighted by molar-refractivity contribution is 9.10. The van der Waals surface area contributed by atoms with Crippen LogP contribution in [0.1, 0.15) is 31.2 Å². The first-order valence-corrected chi connectivity index (χ1v) is 8.34. The van der Waals surface area contributed by atoms with Gasteiger partial charge in [-0.15, -0.1) is 0 Å². The molecule has 0 heterocycles. The quantitative estimate of drug-likeness (QED) is 0.763. The number of carbonyl (C=O) groups excluding carboxylic acids is 2. The molecule has 1 aromatic rings. The van der Waals surface area contributed by atoms with Crippen LogP contribution >= 0.6 is 15.9 Å². The molecule has 0 aromatic heterocycles. The second-order valence-electron chi connectivity index (χ2n) is 5.85. The lowest BCUT2D eigenvalue weighted by molar-refractivity contribution is -0.128. The Bertz CT molecular complexity index is 562. The number of nitrogens with two attached hydrogens (primary N) is 1. The van der Waals surface area contributed by atoms with Crippen LogP contribution in [0.4, 0.5) is 5.69 Å². The van der Waals surface area contributed by atoms with Gasteiger partial charge in [0.2, 0.25) is 11.8 Å². The lowest BCUT2D eigenvalue weighted by atomic mass is 9.85. The average molecular weight is 368 g/mol. The van der Waals surface area contributed by atoms with E-state index in [0.717, 1.165) is 35.0 Å². The summed E-state index contributed by atoms with van der Waals surface area (Å²) in [5.74, 6) is -0.359. The average Bonchev–Trinajstić information content (AvgIpc) is 2.47. The summed E-state index contributed by atoms with van der Waals surface area (Å²) >= 11 is 3.38. The van der Waals surface area contributed by atoms with E-state index in [-0.39, 0.29) is 30.3 Å². The molecule has 2 atom stereocenters. The standard InChI is InChI=1S/C16H22BrN3O2/c1-10-7-12(17)5-6-14(10)20-15(21)9-19-16(22)11-3-2-4-13(18)8-11/h5-7,11,13H,2-4,8-9,18H2,1H3,(H,19,22)(H,20,21). The minimum atomic E-state index is -0.223. The molecule has 0 bridgehead atoms. The maximum Gasteiger partial charge on any atom is 0.243 e. The zero-order valence-electron chi connectivity index (χ0n) is 12.7. The fourth-order valence-corrected chi connectivity index (χ4v) is 3.21. The SMILES string of the molecule is Cc1cc(Br)ccc1NC(=O)CNC(=O)C1CCCC(N)C1. The molecule has 5 nitrogen and oxygen atoms in total. The van der Waals surface area contributed by atoms with E-state index >= 15 is 0 Å². The van der Waals surface area contributed by atoms with Crippen LogP contribution in [-0.4, -0.2) is 24.4 Å². The molecule has 0 radical (unpaired) electrons. The number of halogens is 1. The monoisotopic (exact) mass is 367 g/mol. The number of nitrogens with one attached hydrogen (secondary N) is 2. The summed E-state index contributed by atoms with van der Waals surface area (Å²) in [4.78, 5) is 24.0. The summed E-state index contributed by atoms with van der Waals surface area (Å²) in [7, 11) is 0. The van der Waals surface area contributed by atoms with Gasteiger partial charge in [0.25, 0.3) is 0 Å². The van der Waals surface area contributed by atoms with E-state index in [2.05, 4.69) is 26.6 Å². The summed E-state index contributed by atoms with van der Waals surface area (Å²) in [5, 5.41) is 5.51. The van der Waals surface area contributed by atoms with E-state index in [1.165, 1.54) is 0 Å². The first kappa shape index (κ1) is 17.0. The molecule has 1 aliphatic rings. The van der Waals surface area contributed by atoms with Gasteiger partial charge in [-0.2, -0.15) is 0 Å². The molecule has 1 fully saturated rings. The Labute approximate surface area is 139 Å². The second-order valence-corrected chi connectivity index (χ2v) is 6.76. The van der Waals surface area contributed by atoms with Crippen molar-refractivity contribution in [1.29, 1.82) is 0 Å². The molecule has 2 unspecified atom stereocenters. The topological polar surface area (TPSA) is 84.2 Å². The molecular formula is C16H22BrN3O2. The van der Waals surface area contributed by atoms with Crippen molar-refractivity contribution < 1.29 is 9.59 Å². The fourth-order valence-electron chi connectivity index (χ4n) is 2.74. The van der Waals surface area contributed by atoms with Crippen LogP contribution in [0, 0.1) is 12.8 Å². The highest BCUT2D eigenvalue weighted by Crippen LogP contribution is 2.23. The Morgan fingerprint density at radius 3 is 2.82 bits per heavy atom. The van der Waals surface area contributed by atoms with Crippen LogP contribution in [0.5, 0.6) is 0 Å². The zero-order chi connectivity index (χ0) is 16.1. The van der Waals surface area contributed by atoms with Crippen LogP contribution in [0.2, 0.25) is 0 Å². The number of amides is 2. The second kappa shape index (κ2) is 7.74. The smallest absolute Gasteiger partial charge is 0.243 e. The maximum absolute atomic E-state index is 12.1. The predicted molar refractivity (Wildman–Crippen MR) is 90.5 cm³/mol. The lowest BCUT2D eigenvalue weighted by Gasteiger charge is -2.25. The molecule has 1 aromatic carbocycles. The number of anilines is 1. The van der Waals surface area contributed by atoms with Crippen LogP contribution in [0.15, 0.2) is 22.7 Å².